The number of carbonyl (C=O) groups excluding carboxylic acids is 4. The van der Waals surface area contributed by atoms with Gasteiger partial charge in [-0.1, -0.05) is 109 Å². The molecule has 1 fully saturated rings. The topological polar surface area (TPSA) is 135 Å². The van der Waals surface area contributed by atoms with Crippen molar-refractivity contribution in [2.75, 3.05) is 0 Å². The standard InChI is InChI=1S/C38H54O10Si/c1-8-18-28(39)44-33-32(43)34(45-29(40)19-9-2)37(36(47-31(42)21-11-4)35(33)46-30(41)20-10-3)48-49(38(5,6)7,26-22-14-12-15-23-26)27-24-16-13-17-25-27/h12-17,22-25,32-37,43H,8-11,18-21H2,1-7H3/t32-,33-,34-,35+,36-,37-/m1/s1. The minimum atomic E-state index is -3.48. The van der Waals surface area contributed by atoms with Crippen LogP contribution in [0.5, 0.6) is 0 Å². The molecular weight excluding hydrogens is 644 g/mol. The number of hydrogen-bond acceptors (Lipinski definition) is 10. The van der Waals surface area contributed by atoms with Crippen molar-refractivity contribution in [3.63, 3.8) is 0 Å². The highest BCUT2D eigenvalue weighted by Crippen LogP contribution is 2.42. The molecule has 0 aliphatic heterocycles. The second kappa shape index (κ2) is 18.5. The largest absolute Gasteiger partial charge is 0.457 e. The summed E-state index contributed by atoms with van der Waals surface area (Å²) >= 11 is 0. The Morgan fingerprint density at radius 1 is 0.551 bits per heavy atom. The van der Waals surface area contributed by atoms with Crippen LogP contribution in [0.15, 0.2) is 60.7 Å². The van der Waals surface area contributed by atoms with Gasteiger partial charge in [-0.05, 0) is 41.1 Å². The number of benzene rings is 2. The summed E-state index contributed by atoms with van der Waals surface area (Å²) in [4.78, 5) is 52.8. The maximum Gasteiger partial charge on any atom is 0.306 e. The molecule has 0 heterocycles. The van der Waals surface area contributed by atoms with Crippen LogP contribution < -0.4 is 10.4 Å². The molecule has 49 heavy (non-hydrogen) atoms. The van der Waals surface area contributed by atoms with Crippen LogP contribution in [-0.2, 0) is 42.6 Å². The molecule has 11 heteroatoms. The normalized spacial score (nSPS) is 22.5. The first-order valence-electron chi connectivity index (χ1n) is 17.6. The van der Waals surface area contributed by atoms with E-state index in [9.17, 15) is 24.3 Å². The summed E-state index contributed by atoms with van der Waals surface area (Å²) in [7, 11) is -3.48. The van der Waals surface area contributed by atoms with E-state index < -0.39 is 73.9 Å². The fourth-order valence-electron chi connectivity index (χ4n) is 6.37. The Morgan fingerprint density at radius 2 is 0.857 bits per heavy atom. The van der Waals surface area contributed by atoms with Gasteiger partial charge in [0.2, 0.25) is 0 Å². The van der Waals surface area contributed by atoms with E-state index in [4.69, 9.17) is 23.4 Å². The zero-order valence-corrected chi connectivity index (χ0v) is 31.0. The fourth-order valence-corrected chi connectivity index (χ4v) is 11.1. The Bertz CT molecular complexity index is 1320. The summed E-state index contributed by atoms with van der Waals surface area (Å²) in [5.74, 6) is -2.49. The monoisotopic (exact) mass is 698 g/mol. The summed E-state index contributed by atoms with van der Waals surface area (Å²) < 4.78 is 31.4. The molecule has 0 spiro atoms. The third-order valence-electron chi connectivity index (χ3n) is 8.58. The van der Waals surface area contributed by atoms with Crippen molar-refractivity contribution in [3.05, 3.63) is 60.7 Å². The van der Waals surface area contributed by atoms with Crippen LogP contribution in [0.1, 0.15) is 99.8 Å². The fraction of sp³-hybridized carbons (Fsp3) is 0.579. The first-order chi connectivity index (χ1) is 23.3. The molecule has 6 atom stereocenters. The highest BCUT2D eigenvalue weighted by molar-refractivity contribution is 6.99. The van der Waals surface area contributed by atoms with Gasteiger partial charge in [0.25, 0.3) is 8.32 Å². The van der Waals surface area contributed by atoms with Gasteiger partial charge >= 0.3 is 23.9 Å². The number of aliphatic hydroxyl groups excluding tert-OH is 1. The minimum absolute atomic E-state index is 0.0292. The molecule has 1 saturated carbocycles. The summed E-state index contributed by atoms with van der Waals surface area (Å²) in [6.07, 6.45) is -6.84. The summed E-state index contributed by atoms with van der Waals surface area (Å²) in [5.41, 5.74) is 0. The number of hydrogen-bond donors (Lipinski definition) is 1. The average Bonchev–Trinajstić information content (AvgIpc) is 3.05. The summed E-state index contributed by atoms with van der Waals surface area (Å²) in [6, 6.07) is 19.4. The van der Waals surface area contributed by atoms with E-state index in [1.807, 2.05) is 81.4 Å². The molecule has 1 aliphatic carbocycles. The Balaban J connectivity index is 2.38. The number of esters is 4. The number of carbonyl (C=O) groups is 4. The highest BCUT2D eigenvalue weighted by atomic mass is 28.4. The molecule has 0 saturated heterocycles. The molecule has 0 aromatic heterocycles. The van der Waals surface area contributed by atoms with Gasteiger partial charge in [0, 0.05) is 25.7 Å². The zero-order chi connectivity index (χ0) is 36.2. The van der Waals surface area contributed by atoms with Gasteiger partial charge in [-0.25, -0.2) is 0 Å². The van der Waals surface area contributed by atoms with Crippen LogP contribution in [0, 0.1) is 0 Å². The summed E-state index contributed by atoms with van der Waals surface area (Å²) in [5, 5.41) is 13.3. The lowest BCUT2D eigenvalue weighted by Gasteiger charge is -2.52. The van der Waals surface area contributed by atoms with E-state index in [-0.39, 0.29) is 25.7 Å². The van der Waals surface area contributed by atoms with Gasteiger partial charge in [0.15, 0.2) is 24.4 Å². The van der Waals surface area contributed by atoms with Gasteiger partial charge in [-0.3, -0.25) is 19.2 Å². The third-order valence-corrected chi connectivity index (χ3v) is 13.6. The van der Waals surface area contributed by atoms with Crippen molar-refractivity contribution in [1.82, 2.24) is 0 Å². The van der Waals surface area contributed by atoms with E-state index in [1.165, 1.54) is 0 Å². The molecule has 2 aromatic carbocycles. The van der Waals surface area contributed by atoms with Crippen molar-refractivity contribution in [2.45, 2.75) is 141 Å². The number of rotatable bonds is 16. The quantitative estimate of drug-likeness (QED) is 0.142. The lowest BCUT2D eigenvalue weighted by atomic mass is 9.84. The number of aliphatic hydroxyl groups is 1. The lowest BCUT2D eigenvalue weighted by Crippen LogP contribution is -2.74. The predicted molar refractivity (Wildman–Crippen MR) is 188 cm³/mol. The minimum Gasteiger partial charge on any atom is -0.457 e. The van der Waals surface area contributed by atoms with E-state index in [2.05, 4.69) is 20.8 Å². The molecule has 1 aliphatic rings. The predicted octanol–water partition coefficient (Wildman–Crippen LogP) is 5.15. The molecule has 0 radical (unpaired) electrons. The Kier molecular flexibility index (Phi) is 15.0. The van der Waals surface area contributed by atoms with Crippen LogP contribution in [0.2, 0.25) is 5.04 Å². The molecule has 1 N–H and O–H groups in total. The maximum absolute atomic E-state index is 13.4. The van der Waals surface area contributed by atoms with Gasteiger partial charge in [0.05, 0.1) is 0 Å². The summed E-state index contributed by atoms with van der Waals surface area (Å²) in [6.45, 7) is 13.4. The second-order valence-electron chi connectivity index (χ2n) is 13.6. The van der Waals surface area contributed by atoms with Gasteiger partial charge < -0.3 is 28.5 Å². The Morgan fingerprint density at radius 3 is 1.18 bits per heavy atom. The molecule has 0 amide bonds. The SMILES string of the molecule is CCCC(=O)O[C@@H]1[C@@H](OC(=O)CCC)[C@H](OC(=O)CCC)[C@@H](O)[C@@H](OC(=O)CCC)[C@H]1O[Si](c1ccccc1)(c1ccccc1)C(C)(C)C. The van der Waals surface area contributed by atoms with E-state index >= 15 is 0 Å². The highest BCUT2D eigenvalue weighted by Gasteiger charge is 2.62. The van der Waals surface area contributed by atoms with Crippen molar-refractivity contribution in [2.24, 2.45) is 0 Å². The van der Waals surface area contributed by atoms with Crippen LogP contribution >= 0.6 is 0 Å². The van der Waals surface area contributed by atoms with Crippen molar-refractivity contribution >= 4 is 42.6 Å². The van der Waals surface area contributed by atoms with Crippen LogP contribution in [0.25, 0.3) is 0 Å². The van der Waals surface area contributed by atoms with Crippen LogP contribution in [0.4, 0.5) is 0 Å². The maximum atomic E-state index is 13.4. The van der Waals surface area contributed by atoms with Gasteiger partial charge in [-0.2, -0.15) is 0 Å². The zero-order valence-electron chi connectivity index (χ0n) is 30.0. The van der Waals surface area contributed by atoms with Crippen molar-refractivity contribution in [1.29, 1.82) is 0 Å². The average molecular weight is 699 g/mol. The van der Waals surface area contributed by atoms with Crippen molar-refractivity contribution < 1.29 is 47.7 Å². The molecule has 10 nitrogen and oxygen atoms in total. The molecule has 3 rings (SSSR count). The second-order valence-corrected chi connectivity index (χ2v) is 17.8. The smallest absolute Gasteiger partial charge is 0.306 e. The van der Waals surface area contributed by atoms with Gasteiger partial charge in [-0.15, -0.1) is 0 Å². The van der Waals surface area contributed by atoms with Crippen LogP contribution in [0.3, 0.4) is 0 Å². The molecule has 0 unspecified atom stereocenters. The third kappa shape index (κ3) is 9.79. The number of ether oxygens (including phenoxy) is 4. The van der Waals surface area contributed by atoms with E-state index in [0.717, 1.165) is 10.4 Å². The molecule has 270 valence electrons. The first kappa shape index (κ1) is 39.9. The molecule has 2 aromatic rings. The Labute approximate surface area is 291 Å². The molecule has 0 bridgehead atoms. The first-order valence-corrected chi connectivity index (χ1v) is 19.5. The van der Waals surface area contributed by atoms with E-state index in [1.54, 1.807) is 6.92 Å². The lowest BCUT2D eigenvalue weighted by molar-refractivity contribution is -0.250. The van der Waals surface area contributed by atoms with E-state index in [0.29, 0.717) is 25.7 Å². The molecular formula is C38H54O10Si. The van der Waals surface area contributed by atoms with Gasteiger partial charge in [0.1, 0.15) is 12.2 Å². The van der Waals surface area contributed by atoms with Crippen LogP contribution in [-0.4, -0.2) is 73.9 Å². The van der Waals surface area contributed by atoms with Crippen molar-refractivity contribution in [3.8, 4) is 0 Å². The Hall–Kier alpha value is -3.54.